The Morgan fingerprint density at radius 2 is 1.95 bits per heavy atom. The number of hydrogen-bond acceptors (Lipinski definition) is 3. The fourth-order valence-electron chi connectivity index (χ4n) is 1.93. The van der Waals surface area contributed by atoms with Gasteiger partial charge in [-0.1, -0.05) is 19.1 Å². The van der Waals surface area contributed by atoms with Crippen molar-refractivity contribution in [2.75, 3.05) is 12.3 Å². The molecule has 0 aliphatic rings. The Labute approximate surface area is 115 Å². The molecule has 4 heteroatoms. The van der Waals surface area contributed by atoms with Crippen LogP contribution in [0.1, 0.15) is 39.2 Å². The summed E-state index contributed by atoms with van der Waals surface area (Å²) < 4.78 is 0. The molecule has 0 fully saturated rings. The average molecular weight is 264 g/mol. The lowest BCUT2D eigenvalue weighted by Crippen LogP contribution is -2.45. The van der Waals surface area contributed by atoms with Gasteiger partial charge >= 0.3 is 0 Å². The molecule has 0 spiro atoms. The van der Waals surface area contributed by atoms with E-state index in [4.69, 9.17) is 10.8 Å². The molecule has 0 radical (unpaired) electrons. The molecule has 1 aromatic carbocycles. The Balaban J connectivity index is 2.81. The Morgan fingerprint density at radius 3 is 2.42 bits per heavy atom. The van der Waals surface area contributed by atoms with E-state index in [1.54, 1.807) is 12.1 Å². The lowest BCUT2D eigenvalue weighted by molar-refractivity contribution is -0.126. The van der Waals surface area contributed by atoms with Crippen molar-refractivity contribution in [3.63, 3.8) is 0 Å². The molecule has 0 saturated carbocycles. The van der Waals surface area contributed by atoms with Crippen molar-refractivity contribution in [3.05, 3.63) is 29.8 Å². The number of amides is 1. The predicted octanol–water partition coefficient (Wildman–Crippen LogP) is 1.82. The van der Waals surface area contributed by atoms with Crippen LogP contribution < -0.4 is 11.1 Å². The van der Waals surface area contributed by atoms with E-state index in [1.807, 2.05) is 32.9 Å². The molecular formula is C15H24N2O2. The molecule has 19 heavy (non-hydrogen) atoms. The molecule has 106 valence electrons. The van der Waals surface area contributed by atoms with E-state index in [0.717, 1.165) is 12.0 Å². The van der Waals surface area contributed by atoms with Gasteiger partial charge in [0.1, 0.15) is 0 Å². The Kier molecular flexibility index (Phi) is 5.36. The predicted molar refractivity (Wildman–Crippen MR) is 77.8 cm³/mol. The van der Waals surface area contributed by atoms with E-state index in [1.165, 1.54) is 0 Å². The summed E-state index contributed by atoms with van der Waals surface area (Å²) in [4.78, 5) is 12.4. The van der Waals surface area contributed by atoms with Crippen LogP contribution in [0.4, 0.5) is 5.69 Å². The quantitative estimate of drug-likeness (QED) is 0.686. The van der Waals surface area contributed by atoms with Gasteiger partial charge in [-0.2, -0.15) is 0 Å². The lowest BCUT2D eigenvalue weighted by Gasteiger charge is -2.27. The van der Waals surface area contributed by atoms with Crippen LogP contribution in [0.2, 0.25) is 0 Å². The van der Waals surface area contributed by atoms with Crippen molar-refractivity contribution in [1.82, 2.24) is 5.32 Å². The van der Waals surface area contributed by atoms with Crippen molar-refractivity contribution in [2.45, 2.75) is 45.1 Å². The second kappa shape index (κ2) is 6.57. The number of nitrogens with two attached hydrogens (primary N) is 1. The third kappa shape index (κ3) is 3.96. The van der Waals surface area contributed by atoms with Crippen LogP contribution in [0, 0.1) is 0 Å². The maximum absolute atomic E-state index is 12.4. The van der Waals surface area contributed by atoms with Crippen LogP contribution in [-0.2, 0) is 10.2 Å². The van der Waals surface area contributed by atoms with Gasteiger partial charge in [-0.3, -0.25) is 4.79 Å². The number of hydrogen-bond donors (Lipinski definition) is 3. The van der Waals surface area contributed by atoms with Crippen LogP contribution in [0.15, 0.2) is 24.3 Å². The van der Waals surface area contributed by atoms with Gasteiger partial charge in [0.05, 0.1) is 5.41 Å². The van der Waals surface area contributed by atoms with Crippen molar-refractivity contribution in [1.29, 1.82) is 0 Å². The standard InChI is InChI=1S/C15H24N2O2/c1-4-13(9-10-18)17-14(19)15(2,3)11-5-7-12(16)8-6-11/h5-8,13,18H,4,9-10,16H2,1-3H3,(H,17,19). The summed E-state index contributed by atoms with van der Waals surface area (Å²) in [5, 5.41) is 12.0. The van der Waals surface area contributed by atoms with E-state index >= 15 is 0 Å². The van der Waals surface area contributed by atoms with E-state index < -0.39 is 5.41 Å². The van der Waals surface area contributed by atoms with E-state index in [2.05, 4.69) is 5.32 Å². The summed E-state index contributed by atoms with van der Waals surface area (Å²) in [5.41, 5.74) is 6.66. The average Bonchev–Trinajstić information content (AvgIpc) is 2.38. The summed E-state index contributed by atoms with van der Waals surface area (Å²) in [6.45, 7) is 5.86. The van der Waals surface area contributed by atoms with Crippen LogP contribution in [-0.4, -0.2) is 23.7 Å². The maximum atomic E-state index is 12.4. The zero-order valence-corrected chi connectivity index (χ0v) is 11.9. The highest BCUT2D eigenvalue weighted by molar-refractivity contribution is 5.87. The number of aliphatic hydroxyl groups excluding tert-OH is 1. The van der Waals surface area contributed by atoms with Crippen LogP contribution in [0.3, 0.4) is 0 Å². The third-order valence-electron chi connectivity index (χ3n) is 3.51. The summed E-state index contributed by atoms with van der Waals surface area (Å²) >= 11 is 0. The fourth-order valence-corrected chi connectivity index (χ4v) is 1.93. The molecule has 1 unspecified atom stereocenters. The molecule has 1 rings (SSSR count). The van der Waals surface area contributed by atoms with Crippen LogP contribution in [0.25, 0.3) is 0 Å². The number of anilines is 1. The molecule has 0 aromatic heterocycles. The zero-order valence-electron chi connectivity index (χ0n) is 11.9. The Hall–Kier alpha value is -1.55. The van der Waals surface area contributed by atoms with E-state index in [0.29, 0.717) is 12.1 Å². The van der Waals surface area contributed by atoms with E-state index in [-0.39, 0.29) is 18.6 Å². The molecule has 1 amide bonds. The third-order valence-corrected chi connectivity index (χ3v) is 3.51. The van der Waals surface area contributed by atoms with Crippen LogP contribution >= 0.6 is 0 Å². The number of nitrogen functional groups attached to an aromatic ring is 1. The lowest BCUT2D eigenvalue weighted by atomic mass is 9.83. The second-order valence-corrected chi connectivity index (χ2v) is 5.34. The van der Waals surface area contributed by atoms with Gasteiger partial charge in [-0.05, 0) is 44.4 Å². The minimum absolute atomic E-state index is 0.0190. The highest BCUT2D eigenvalue weighted by Gasteiger charge is 2.30. The van der Waals surface area contributed by atoms with Gasteiger partial charge in [0, 0.05) is 18.3 Å². The first-order valence-corrected chi connectivity index (χ1v) is 6.69. The first kappa shape index (κ1) is 15.5. The second-order valence-electron chi connectivity index (χ2n) is 5.34. The fraction of sp³-hybridized carbons (Fsp3) is 0.533. The summed E-state index contributed by atoms with van der Waals surface area (Å²) in [6.07, 6.45) is 1.39. The van der Waals surface area contributed by atoms with Gasteiger partial charge in [-0.15, -0.1) is 0 Å². The molecular weight excluding hydrogens is 240 g/mol. The minimum atomic E-state index is -0.615. The number of nitrogens with one attached hydrogen (secondary N) is 1. The number of carbonyl (C=O) groups excluding carboxylic acids is 1. The van der Waals surface area contributed by atoms with Gasteiger partial charge < -0.3 is 16.2 Å². The summed E-state index contributed by atoms with van der Waals surface area (Å²) in [7, 11) is 0. The molecule has 0 aliphatic heterocycles. The Morgan fingerprint density at radius 1 is 1.37 bits per heavy atom. The van der Waals surface area contributed by atoms with Gasteiger partial charge in [-0.25, -0.2) is 0 Å². The molecule has 4 nitrogen and oxygen atoms in total. The van der Waals surface area contributed by atoms with E-state index in [9.17, 15) is 4.79 Å². The SMILES string of the molecule is CCC(CCO)NC(=O)C(C)(C)c1ccc(N)cc1. The van der Waals surface area contributed by atoms with Gasteiger partial charge in [0.25, 0.3) is 0 Å². The normalized spacial score (nSPS) is 13.1. The molecule has 0 saturated heterocycles. The number of rotatable bonds is 6. The number of aliphatic hydroxyl groups is 1. The number of benzene rings is 1. The molecule has 0 aliphatic carbocycles. The van der Waals surface area contributed by atoms with Crippen molar-refractivity contribution in [2.24, 2.45) is 0 Å². The molecule has 1 atom stereocenters. The first-order chi connectivity index (χ1) is 8.91. The van der Waals surface area contributed by atoms with Crippen molar-refractivity contribution >= 4 is 11.6 Å². The first-order valence-electron chi connectivity index (χ1n) is 6.69. The largest absolute Gasteiger partial charge is 0.399 e. The molecule has 0 bridgehead atoms. The van der Waals surface area contributed by atoms with Crippen LogP contribution in [0.5, 0.6) is 0 Å². The molecule has 1 aromatic rings. The summed E-state index contributed by atoms with van der Waals surface area (Å²) in [6, 6.07) is 7.37. The zero-order chi connectivity index (χ0) is 14.5. The van der Waals surface area contributed by atoms with Crippen molar-refractivity contribution < 1.29 is 9.90 Å². The minimum Gasteiger partial charge on any atom is -0.399 e. The Bertz CT molecular complexity index is 413. The van der Waals surface area contributed by atoms with Crippen molar-refractivity contribution in [3.8, 4) is 0 Å². The van der Waals surface area contributed by atoms with Gasteiger partial charge in [0.15, 0.2) is 0 Å². The maximum Gasteiger partial charge on any atom is 0.230 e. The number of carbonyl (C=O) groups is 1. The summed E-state index contributed by atoms with van der Waals surface area (Å²) in [5.74, 6) is -0.0300. The van der Waals surface area contributed by atoms with Gasteiger partial charge in [0.2, 0.25) is 5.91 Å². The topological polar surface area (TPSA) is 75.3 Å². The molecule has 4 N–H and O–H groups in total. The smallest absolute Gasteiger partial charge is 0.230 e. The highest BCUT2D eigenvalue weighted by Crippen LogP contribution is 2.24. The monoisotopic (exact) mass is 264 g/mol. The molecule has 0 heterocycles. The highest BCUT2D eigenvalue weighted by atomic mass is 16.3.